The zero-order chi connectivity index (χ0) is 11.3. The highest BCUT2D eigenvalue weighted by Crippen LogP contribution is 2.08. The van der Waals surface area contributed by atoms with Gasteiger partial charge in [0, 0.05) is 12.6 Å². The summed E-state index contributed by atoms with van der Waals surface area (Å²) in [7, 11) is -3.41. The second-order valence-corrected chi connectivity index (χ2v) is 4.99. The molecule has 15 heavy (non-hydrogen) atoms. The molecule has 0 radical (unpaired) electrons. The maximum atomic E-state index is 11.8. The molecule has 0 heterocycles. The average Bonchev–Trinajstić information content (AvgIpc) is 2.27. The van der Waals surface area contributed by atoms with Gasteiger partial charge < -0.3 is 5.73 Å². The molecule has 0 aliphatic heterocycles. The molecular formula is C10H16N2O2S. The number of nitrogens with one attached hydrogen (secondary N) is 1. The van der Waals surface area contributed by atoms with Crippen LogP contribution in [0.3, 0.4) is 0 Å². The summed E-state index contributed by atoms with van der Waals surface area (Å²) >= 11 is 0. The summed E-state index contributed by atoms with van der Waals surface area (Å²) in [6.45, 7) is 2.20. The van der Waals surface area contributed by atoms with E-state index in [0.29, 0.717) is 13.0 Å². The Morgan fingerprint density at radius 3 is 2.40 bits per heavy atom. The van der Waals surface area contributed by atoms with E-state index in [9.17, 15) is 8.42 Å². The largest absolute Gasteiger partial charge is 0.329 e. The number of nitrogens with two attached hydrogens (primary N) is 1. The van der Waals surface area contributed by atoms with Gasteiger partial charge in [0.05, 0.1) is 4.90 Å². The fraction of sp³-hybridized carbons (Fsp3) is 0.400. The Balaban J connectivity index is 2.85. The lowest BCUT2D eigenvalue weighted by atomic mass is 10.2. The van der Waals surface area contributed by atoms with Gasteiger partial charge >= 0.3 is 0 Å². The lowest BCUT2D eigenvalue weighted by Crippen LogP contribution is -2.39. The molecule has 5 heteroatoms. The van der Waals surface area contributed by atoms with Gasteiger partial charge in [-0.25, -0.2) is 13.1 Å². The van der Waals surface area contributed by atoms with Crippen molar-refractivity contribution in [2.75, 3.05) is 6.54 Å². The van der Waals surface area contributed by atoms with Crippen LogP contribution in [-0.4, -0.2) is 21.0 Å². The molecule has 4 nitrogen and oxygen atoms in total. The molecule has 0 aliphatic carbocycles. The Bertz CT molecular complexity index is 385. The molecule has 1 aromatic carbocycles. The van der Waals surface area contributed by atoms with Crippen LogP contribution in [0.2, 0.25) is 0 Å². The quantitative estimate of drug-likeness (QED) is 0.779. The summed E-state index contributed by atoms with van der Waals surface area (Å²) in [4.78, 5) is 0.275. The van der Waals surface area contributed by atoms with Crippen LogP contribution in [0.5, 0.6) is 0 Å². The third-order valence-corrected chi connectivity index (χ3v) is 3.69. The normalized spacial score (nSPS) is 13.7. The van der Waals surface area contributed by atoms with Gasteiger partial charge in [0.15, 0.2) is 0 Å². The number of hydrogen-bond acceptors (Lipinski definition) is 3. The lowest BCUT2D eigenvalue weighted by Gasteiger charge is -2.14. The molecular weight excluding hydrogens is 212 g/mol. The van der Waals surface area contributed by atoms with Gasteiger partial charge in [0.25, 0.3) is 0 Å². The van der Waals surface area contributed by atoms with Crippen LogP contribution >= 0.6 is 0 Å². The lowest BCUT2D eigenvalue weighted by molar-refractivity contribution is 0.542. The molecule has 1 aromatic rings. The van der Waals surface area contributed by atoms with Gasteiger partial charge in [0.1, 0.15) is 0 Å². The second-order valence-electron chi connectivity index (χ2n) is 3.28. The van der Waals surface area contributed by atoms with Crippen molar-refractivity contribution in [1.29, 1.82) is 0 Å². The number of benzene rings is 1. The van der Waals surface area contributed by atoms with E-state index in [-0.39, 0.29) is 10.9 Å². The zero-order valence-corrected chi connectivity index (χ0v) is 9.50. The van der Waals surface area contributed by atoms with E-state index in [4.69, 9.17) is 5.73 Å². The van der Waals surface area contributed by atoms with Crippen LogP contribution in [0.4, 0.5) is 0 Å². The van der Waals surface area contributed by atoms with Gasteiger partial charge in [-0.05, 0) is 18.6 Å². The van der Waals surface area contributed by atoms with Crippen molar-refractivity contribution in [1.82, 2.24) is 4.72 Å². The average molecular weight is 228 g/mol. The topological polar surface area (TPSA) is 72.2 Å². The third kappa shape index (κ3) is 3.30. The van der Waals surface area contributed by atoms with Crippen molar-refractivity contribution >= 4 is 10.0 Å². The van der Waals surface area contributed by atoms with Gasteiger partial charge in [0.2, 0.25) is 10.0 Å². The van der Waals surface area contributed by atoms with Crippen LogP contribution < -0.4 is 10.5 Å². The van der Waals surface area contributed by atoms with Gasteiger partial charge in [-0.1, -0.05) is 25.1 Å². The minimum absolute atomic E-state index is 0.199. The van der Waals surface area contributed by atoms with Gasteiger partial charge in [-0.2, -0.15) is 0 Å². The molecule has 1 atom stereocenters. The van der Waals surface area contributed by atoms with Crippen molar-refractivity contribution in [3.63, 3.8) is 0 Å². The molecule has 84 valence electrons. The van der Waals surface area contributed by atoms with Crippen molar-refractivity contribution in [2.24, 2.45) is 5.73 Å². The molecule has 0 amide bonds. The van der Waals surface area contributed by atoms with Crippen LogP contribution in [0.1, 0.15) is 13.3 Å². The number of sulfonamides is 1. The van der Waals surface area contributed by atoms with Crippen LogP contribution in [-0.2, 0) is 10.0 Å². The first kappa shape index (κ1) is 12.2. The van der Waals surface area contributed by atoms with Gasteiger partial charge in [-0.15, -0.1) is 0 Å². The second kappa shape index (κ2) is 5.25. The molecule has 0 saturated carbocycles. The highest BCUT2D eigenvalue weighted by Gasteiger charge is 2.17. The van der Waals surface area contributed by atoms with E-state index in [1.165, 1.54) is 0 Å². The summed E-state index contributed by atoms with van der Waals surface area (Å²) < 4.78 is 26.1. The summed E-state index contributed by atoms with van der Waals surface area (Å²) in [6, 6.07) is 8.09. The molecule has 0 spiro atoms. The summed E-state index contributed by atoms with van der Waals surface area (Å²) in [5, 5.41) is 0. The monoisotopic (exact) mass is 228 g/mol. The smallest absolute Gasteiger partial charge is 0.240 e. The maximum absolute atomic E-state index is 11.8. The third-order valence-electron chi connectivity index (χ3n) is 2.15. The zero-order valence-electron chi connectivity index (χ0n) is 8.68. The Morgan fingerprint density at radius 1 is 1.33 bits per heavy atom. The summed E-state index contributed by atoms with van der Waals surface area (Å²) in [5.41, 5.74) is 5.44. The Hall–Kier alpha value is -0.910. The predicted octanol–water partition coefficient (Wildman–Crippen LogP) is 0.702. The highest BCUT2D eigenvalue weighted by atomic mass is 32.2. The van der Waals surface area contributed by atoms with E-state index in [0.717, 1.165) is 0 Å². The van der Waals surface area contributed by atoms with E-state index in [1.807, 2.05) is 6.92 Å². The first-order valence-electron chi connectivity index (χ1n) is 4.87. The minimum atomic E-state index is -3.41. The molecule has 0 aliphatic rings. The predicted molar refractivity (Wildman–Crippen MR) is 59.9 cm³/mol. The van der Waals surface area contributed by atoms with Crippen LogP contribution in [0, 0.1) is 0 Å². The number of hydrogen-bond donors (Lipinski definition) is 2. The van der Waals surface area contributed by atoms with Crippen molar-refractivity contribution in [2.45, 2.75) is 24.3 Å². The first-order valence-corrected chi connectivity index (χ1v) is 6.36. The van der Waals surface area contributed by atoms with Crippen molar-refractivity contribution < 1.29 is 8.42 Å². The van der Waals surface area contributed by atoms with Crippen LogP contribution in [0.15, 0.2) is 35.2 Å². The SMILES string of the molecule is CCC(CN)NS(=O)(=O)c1ccccc1. The molecule has 3 N–H and O–H groups in total. The van der Waals surface area contributed by atoms with E-state index >= 15 is 0 Å². The van der Waals surface area contributed by atoms with E-state index in [1.54, 1.807) is 30.3 Å². The standard InChI is InChI=1S/C10H16N2O2S/c1-2-9(8-11)12-15(13,14)10-6-4-3-5-7-10/h3-7,9,12H,2,8,11H2,1H3. The maximum Gasteiger partial charge on any atom is 0.240 e. The van der Waals surface area contributed by atoms with Crippen molar-refractivity contribution in [3.8, 4) is 0 Å². The fourth-order valence-corrected chi connectivity index (χ4v) is 2.54. The molecule has 0 saturated heterocycles. The Morgan fingerprint density at radius 2 is 1.93 bits per heavy atom. The summed E-state index contributed by atoms with van der Waals surface area (Å²) in [5.74, 6) is 0. The minimum Gasteiger partial charge on any atom is -0.329 e. The van der Waals surface area contributed by atoms with Crippen LogP contribution in [0.25, 0.3) is 0 Å². The Kier molecular flexibility index (Phi) is 4.26. The highest BCUT2D eigenvalue weighted by molar-refractivity contribution is 7.89. The first-order chi connectivity index (χ1) is 7.10. The molecule has 1 rings (SSSR count). The molecule has 1 unspecified atom stereocenters. The molecule has 0 bridgehead atoms. The van der Waals surface area contributed by atoms with E-state index in [2.05, 4.69) is 4.72 Å². The van der Waals surface area contributed by atoms with E-state index < -0.39 is 10.0 Å². The number of rotatable bonds is 5. The van der Waals surface area contributed by atoms with Gasteiger partial charge in [-0.3, -0.25) is 0 Å². The summed E-state index contributed by atoms with van der Waals surface area (Å²) in [6.07, 6.45) is 0.683. The fourth-order valence-electron chi connectivity index (χ4n) is 1.19. The Labute approximate surface area is 90.5 Å². The molecule has 0 aromatic heterocycles. The van der Waals surface area contributed by atoms with Crippen molar-refractivity contribution in [3.05, 3.63) is 30.3 Å². The molecule has 0 fully saturated rings.